The Morgan fingerprint density at radius 3 is 1.82 bits per heavy atom. The highest BCUT2D eigenvalue weighted by Gasteiger charge is 2.51. The second-order valence-corrected chi connectivity index (χ2v) is 5.85. The van der Waals surface area contributed by atoms with Gasteiger partial charge < -0.3 is 9.84 Å². The molecule has 0 spiro atoms. The van der Waals surface area contributed by atoms with Crippen LogP contribution in [-0.2, 0) is 9.53 Å². The number of carbonyl (C=O) groups is 1. The van der Waals surface area contributed by atoms with Crippen molar-refractivity contribution in [3.05, 3.63) is 12.7 Å². The molecule has 3 nitrogen and oxygen atoms in total. The molecular formula is C14H22O3. The maximum atomic E-state index is 9.25. The monoisotopic (exact) mass is 238 g/mol. The van der Waals surface area contributed by atoms with Crippen molar-refractivity contribution in [2.75, 3.05) is 7.11 Å². The first-order valence-electron chi connectivity index (χ1n) is 6.47. The summed E-state index contributed by atoms with van der Waals surface area (Å²) in [6.07, 6.45) is 9.49. The van der Waals surface area contributed by atoms with Crippen molar-refractivity contribution < 1.29 is 14.6 Å². The average molecular weight is 238 g/mol. The number of hydrogen-bond acceptors (Lipinski definition) is 2. The molecule has 0 saturated heterocycles. The number of rotatable bonds is 2. The first-order chi connectivity index (χ1) is 8.07. The van der Waals surface area contributed by atoms with Crippen LogP contribution < -0.4 is 0 Å². The number of aliphatic carboxylic acids is 1. The summed E-state index contributed by atoms with van der Waals surface area (Å²) in [6, 6.07) is 0. The molecule has 4 rings (SSSR count). The van der Waals surface area contributed by atoms with Crippen molar-refractivity contribution in [3.8, 4) is 0 Å². The summed E-state index contributed by atoms with van der Waals surface area (Å²) in [7, 11) is 1.92. The lowest BCUT2D eigenvalue weighted by atomic mass is 9.54. The standard InChI is InChI=1S/C11H18O.C3H4O2/c1-12-11-5-8-2-9(6-11)4-10(3-8)7-11;1-2-3(4)5/h8-10H,2-7H2,1H3;2H,1H2,(H,4,5). The van der Waals surface area contributed by atoms with E-state index in [1.165, 1.54) is 38.5 Å². The SMILES string of the molecule is C=CC(=O)O.COC12CC3CC(CC(C3)C1)C2. The van der Waals surface area contributed by atoms with E-state index >= 15 is 0 Å². The predicted molar refractivity (Wildman–Crippen MR) is 65.7 cm³/mol. The summed E-state index contributed by atoms with van der Waals surface area (Å²) in [6.45, 7) is 2.96. The Hall–Kier alpha value is -0.830. The molecule has 4 fully saturated rings. The van der Waals surface area contributed by atoms with Crippen LogP contribution in [0.4, 0.5) is 0 Å². The minimum Gasteiger partial charge on any atom is -0.478 e. The molecule has 4 saturated carbocycles. The van der Waals surface area contributed by atoms with E-state index in [0.717, 1.165) is 23.8 Å². The van der Waals surface area contributed by atoms with Crippen LogP contribution >= 0.6 is 0 Å². The molecule has 0 radical (unpaired) electrons. The molecule has 1 N–H and O–H groups in total. The largest absolute Gasteiger partial charge is 0.478 e. The summed E-state index contributed by atoms with van der Waals surface area (Å²) < 4.78 is 5.75. The summed E-state index contributed by atoms with van der Waals surface area (Å²) >= 11 is 0. The zero-order chi connectivity index (χ0) is 12.5. The van der Waals surface area contributed by atoms with Crippen LogP contribution in [0.25, 0.3) is 0 Å². The van der Waals surface area contributed by atoms with E-state index in [0.29, 0.717) is 5.60 Å². The van der Waals surface area contributed by atoms with Crippen LogP contribution in [0.2, 0.25) is 0 Å². The van der Waals surface area contributed by atoms with Gasteiger partial charge in [0.1, 0.15) is 0 Å². The minimum atomic E-state index is -0.981. The van der Waals surface area contributed by atoms with Crippen LogP contribution in [0.5, 0.6) is 0 Å². The quantitative estimate of drug-likeness (QED) is 0.752. The molecule has 0 aromatic rings. The van der Waals surface area contributed by atoms with E-state index in [9.17, 15) is 4.79 Å². The Bertz CT molecular complexity index is 273. The molecule has 4 aliphatic carbocycles. The number of hydrogen-bond donors (Lipinski definition) is 1. The molecule has 4 bridgehead atoms. The van der Waals surface area contributed by atoms with E-state index in [4.69, 9.17) is 9.84 Å². The third kappa shape index (κ3) is 2.71. The highest BCUT2D eigenvalue weighted by molar-refractivity contribution is 5.78. The van der Waals surface area contributed by atoms with Gasteiger partial charge in [0.15, 0.2) is 0 Å². The van der Waals surface area contributed by atoms with E-state index in [1.807, 2.05) is 7.11 Å². The fraction of sp³-hybridized carbons (Fsp3) is 0.786. The van der Waals surface area contributed by atoms with Gasteiger partial charge in [-0.3, -0.25) is 0 Å². The van der Waals surface area contributed by atoms with E-state index < -0.39 is 5.97 Å². The summed E-state index contributed by atoms with van der Waals surface area (Å²) in [5, 5.41) is 7.60. The third-order valence-corrected chi connectivity index (χ3v) is 4.59. The highest BCUT2D eigenvalue weighted by Crippen LogP contribution is 2.56. The lowest BCUT2D eigenvalue weighted by Gasteiger charge is -2.55. The van der Waals surface area contributed by atoms with Gasteiger partial charge in [0, 0.05) is 13.2 Å². The molecule has 0 aromatic carbocycles. The van der Waals surface area contributed by atoms with Gasteiger partial charge in [-0.05, 0) is 56.3 Å². The van der Waals surface area contributed by atoms with Crippen molar-refractivity contribution in [1.82, 2.24) is 0 Å². The van der Waals surface area contributed by atoms with Gasteiger partial charge in [-0.1, -0.05) is 6.58 Å². The summed E-state index contributed by atoms with van der Waals surface area (Å²) in [5.74, 6) is 2.09. The second-order valence-electron chi connectivity index (χ2n) is 5.85. The smallest absolute Gasteiger partial charge is 0.327 e. The molecule has 4 aliphatic rings. The fourth-order valence-electron chi connectivity index (χ4n) is 4.28. The Labute approximate surface area is 103 Å². The fourth-order valence-corrected chi connectivity index (χ4v) is 4.28. The van der Waals surface area contributed by atoms with Crippen molar-refractivity contribution in [2.45, 2.75) is 44.1 Å². The van der Waals surface area contributed by atoms with Crippen LogP contribution in [0, 0.1) is 17.8 Å². The molecule has 0 heterocycles. The highest BCUT2D eigenvalue weighted by atomic mass is 16.5. The normalized spacial score (nSPS) is 41.6. The van der Waals surface area contributed by atoms with Gasteiger partial charge in [-0.25, -0.2) is 4.79 Å². The topological polar surface area (TPSA) is 46.5 Å². The number of carboxylic acid groups (broad SMARTS) is 1. The Kier molecular flexibility index (Phi) is 3.57. The zero-order valence-corrected chi connectivity index (χ0v) is 10.5. The van der Waals surface area contributed by atoms with E-state index in [-0.39, 0.29) is 0 Å². The van der Waals surface area contributed by atoms with Crippen molar-refractivity contribution in [2.24, 2.45) is 17.8 Å². The molecule has 0 amide bonds. The van der Waals surface area contributed by atoms with E-state index in [1.54, 1.807) is 0 Å². The molecule has 0 unspecified atom stereocenters. The van der Waals surface area contributed by atoms with Gasteiger partial charge in [0.25, 0.3) is 0 Å². The number of methoxy groups -OCH3 is 1. The van der Waals surface area contributed by atoms with Crippen LogP contribution in [0.3, 0.4) is 0 Å². The Morgan fingerprint density at radius 2 is 1.59 bits per heavy atom. The van der Waals surface area contributed by atoms with Crippen molar-refractivity contribution in [1.29, 1.82) is 0 Å². The predicted octanol–water partition coefficient (Wildman–Crippen LogP) is 2.86. The average Bonchev–Trinajstić information content (AvgIpc) is 2.28. The van der Waals surface area contributed by atoms with Gasteiger partial charge in [-0.15, -0.1) is 0 Å². The summed E-state index contributed by atoms with van der Waals surface area (Å²) in [5.41, 5.74) is 0.342. The van der Waals surface area contributed by atoms with Crippen molar-refractivity contribution >= 4 is 5.97 Å². The molecule has 0 atom stereocenters. The third-order valence-electron chi connectivity index (χ3n) is 4.59. The molecule has 3 heteroatoms. The van der Waals surface area contributed by atoms with Crippen molar-refractivity contribution in [3.63, 3.8) is 0 Å². The summed E-state index contributed by atoms with van der Waals surface area (Å²) in [4.78, 5) is 9.25. The molecule has 96 valence electrons. The number of ether oxygens (including phenoxy) is 1. The van der Waals surface area contributed by atoms with Crippen LogP contribution in [0.1, 0.15) is 38.5 Å². The van der Waals surface area contributed by atoms with Gasteiger partial charge in [0.05, 0.1) is 5.60 Å². The van der Waals surface area contributed by atoms with Crippen LogP contribution in [-0.4, -0.2) is 23.8 Å². The molecular weight excluding hydrogens is 216 g/mol. The molecule has 17 heavy (non-hydrogen) atoms. The lowest BCUT2D eigenvalue weighted by Crippen LogP contribution is -2.51. The molecule has 0 aliphatic heterocycles. The number of carboxylic acids is 1. The minimum absolute atomic E-state index is 0.342. The second kappa shape index (κ2) is 4.81. The van der Waals surface area contributed by atoms with Gasteiger partial charge in [0.2, 0.25) is 0 Å². The maximum absolute atomic E-state index is 9.25. The van der Waals surface area contributed by atoms with Gasteiger partial charge >= 0.3 is 5.97 Å². The Morgan fingerprint density at radius 1 is 1.24 bits per heavy atom. The van der Waals surface area contributed by atoms with Gasteiger partial charge in [-0.2, -0.15) is 0 Å². The molecule has 0 aromatic heterocycles. The van der Waals surface area contributed by atoms with Crippen LogP contribution in [0.15, 0.2) is 12.7 Å². The Balaban J connectivity index is 0.000000188. The zero-order valence-electron chi connectivity index (χ0n) is 10.5. The first kappa shape index (κ1) is 12.6. The maximum Gasteiger partial charge on any atom is 0.327 e. The first-order valence-corrected chi connectivity index (χ1v) is 6.47. The lowest BCUT2D eigenvalue weighted by molar-refractivity contribution is -0.145. The van der Waals surface area contributed by atoms with E-state index in [2.05, 4.69) is 6.58 Å².